The van der Waals surface area contributed by atoms with E-state index in [4.69, 9.17) is 9.26 Å². The van der Waals surface area contributed by atoms with E-state index < -0.39 is 8.45 Å². The molecule has 0 aromatic rings. The standard InChI is InChI=1S/C22H47N2O3PS/c1-16(2)21(11)22(25)29-15-14-26-12-13-27-28(23(17(3)4)18(5)6)24(19(7)8)20(9)10/h16-21H,12-15H2,1-11H3. The monoisotopic (exact) mass is 450 g/mol. The third-order valence-electron chi connectivity index (χ3n) is 4.79. The summed E-state index contributed by atoms with van der Waals surface area (Å²) >= 11 is 1.39. The van der Waals surface area contributed by atoms with Crippen LogP contribution >= 0.6 is 20.2 Å². The second kappa shape index (κ2) is 15.2. The second-order valence-electron chi connectivity index (χ2n) is 9.03. The fourth-order valence-electron chi connectivity index (χ4n) is 3.12. The van der Waals surface area contributed by atoms with Gasteiger partial charge in [0.25, 0.3) is 0 Å². The molecule has 0 bridgehead atoms. The lowest BCUT2D eigenvalue weighted by Gasteiger charge is -2.45. The van der Waals surface area contributed by atoms with E-state index >= 15 is 0 Å². The minimum Gasteiger partial charge on any atom is -0.378 e. The maximum absolute atomic E-state index is 12.0. The molecule has 29 heavy (non-hydrogen) atoms. The van der Waals surface area contributed by atoms with Crippen LogP contribution in [-0.4, -0.2) is 64.2 Å². The first kappa shape index (κ1) is 29.3. The zero-order valence-corrected chi connectivity index (χ0v) is 22.5. The zero-order valence-electron chi connectivity index (χ0n) is 20.8. The number of nitrogens with zero attached hydrogens (tertiary/aromatic N) is 2. The molecule has 0 saturated heterocycles. The largest absolute Gasteiger partial charge is 0.378 e. The summed E-state index contributed by atoms with van der Waals surface area (Å²) in [6.45, 7) is 25.8. The molecule has 1 unspecified atom stereocenters. The minimum absolute atomic E-state index is 0.1000. The highest BCUT2D eigenvalue weighted by molar-refractivity contribution is 8.13. The molecule has 0 aromatic carbocycles. The van der Waals surface area contributed by atoms with Gasteiger partial charge < -0.3 is 9.26 Å². The number of hydrogen-bond donors (Lipinski definition) is 0. The predicted octanol–water partition coefficient (Wildman–Crippen LogP) is 6.04. The van der Waals surface area contributed by atoms with Gasteiger partial charge in [-0.25, -0.2) is 9.34 Å². The molecule has 0 N–H and O–H groups in total. The topological polar surface area (TPSA) is 42.0 Å². The Bertz CT molecular complexity index is 412. The van der Waals surface area contributed by atoms with Crippen molar-refractivity contribution in [2.75, 3.05) is 25.6 Å². The molecule has 0 spiro atoms. The van der Waals surface area contributed by atoms with Crippen LogP contribution < -0.4 is 0 Å². The molecular formula is C22H47N2O3PS. The van der Waals surface area contributed by atoms with Crippen LogP contribution in [0.2, 0.25) is 0 Å². The van der Waals surface area contributed by atoms with Crippen molar-refractivity contribution in [3.63, 3.8) is 0 Å². The quantitative estimate of drug-likeness (QED) is 0.224. The van der Waals surface area contributed by atoms with Crippen molar-refractivity contribution in [2.45, 2.75) is 100 Å². The van der Waals surface area contributed by atoms with E-state index in [-0.39, 0.29) is 11.0 Å². The van der Waals surface area contributed by atoms with Gasteiger partial charge in [-0.1, -0.05) is 32.5 Å². The van der Waals surface area contributed by atoms with Crippen molar-refractivity contribution in [2.24, 2.45) is 11.8 Å². The van der Waals surface area contributed by atoms with E-state index in [0.717, 1.165) is 0 Å². The third-order valence-corrected chi connectivity index (χ3v) is 8.87. The highest BCUT2D eigenvalue weighted by Gasteiger charge is 2.34. The maximum atomic E-state index is 12.0. The Kier molecular flexibility index (Phi) is 15.3. The fraction of sp³-hybridized carbons (Fsp3) is 0.955. The van der Waals surface area contributed by atoms with Crippen molar-refractivity contribution in [1.82, 2.24) is 9.34 Å². The summed E-state index contributed by atoms with van der Waals surface area (Å²) in [5.41, 5.74) is 0. The van der Waals surface area contributed by atoms with Crippen molar-refractivity contribution in [3.05, 3.63) is 0 Å². The van der Waals surface area contributed by atoms with Gasteiger partial charge in [-0.05, 0) is 61.3 Å². The Morgan fingerprint density at radius 1 is 0.759 bits per heavy atom. The highest BCUT2D eigenvalue weighted by atomic mass is 32.2. The molecule has 0 aliphatic carbocycles. The predicted molar refractivity (Wildman–Crippen MR) is 129 cm³/mol. The van der Waals surface area contributed by atoms with Crippen molar-refractivity contribution in [1.29, 1.82) is 0 Å². The van der Waals surface area contributed by atoms with Crippen LogP contribution in [0.5, 0.6) is 0 Å². The van der Waals surface area contributed by atoms with Gasteiger partial charge in [0, 0.05) is 35.8 Å². The van der Waals surface area contributed by atoms with Crippen LogP contribution in [0.25, 0.3) is 0 Å². The molecule has 0 heterocycles. The molecule has 0 rings (SSSR count). The first-order chi connectivity index (χ1) is 13.4. The van der Waals surface area contributed by atoms with Gasteiger partial charge in [-0.3, -0.25) is 4.79 Å². The smallest absolute Gasteiger partial charge is 0.192 e. The molecule has 174 valence electrons. The zero-order chi connectivity index (χ0) is 22.7. The first-order valence-electron chi connectivity index (χ1n) is 11.2. The second-order valence-corrected chi connectivity index (χ2v) is 11.8. The summed E-state index contributed by atoms with van der Waals surface area (Å²) in [5, 5.41) is 0.261. The molecule has 0 aliphatic heterocycles. The van der Waals surface area contributed by atoms with E-state index in [0.29, 0.717) is 55.7 Å². The maximum Gasteiger partial charge on any atom is 0.192 e. The van der Waals surface area contributed by atoms with Crippen LogP contribution in [-0.2, 0) is 14.1 Å². The van der Waals surface area contributed by atoms with Crippen molar-refractivity contribution >= 4 is 25.3 Å². The molecule has 0 fully saturated rings. The number of ether oxygens (including phenoxy) is 1. The van der Waals surface area contributed by atoms with Gasteiger partial charge >= 0.3 is 0 Å². The average molecular weight is 451 g/mol. The van der Waals surface area contributed by atoms with Gasteiger partial charge in [0.05, 0.1) is 19.8 Å². The summed E-state index contributed by atoms with van der Waals surface area (Å²) in [6, 6.07) is 1.64. The Balaban J connectivity index is 4.63. The van der Waals surface area contributed by atoms with Gasteiger partial charge in [0.15, 0.2) is 13.6 Å². The number of hydrogen-bond acceptors (Lipinski definition) is 6. The molecule has 0 saturated carbocycles. The Hall–Kier alpha value is 0.290. The van der Waals surface area contributed by atoms with Gasteiger partial charge in [0.1, 0.15) is 0 Å². The minimum atomic E-state index is -0.869. The fourth-order valence-corrected chi connectivity index (χ4v) is 6.38. The molecular weight excluding hydrogens is 403 g/mol. The average Bonchev–Trinajstić information content (AvgIpc) is 2.58. The van der Waals surface area contributed by atoms with E-state index in [1.165, 1.54) is 11.8 Å². The summed E-state index contributed by atoms with van der Waals surface area (Å²) in [4.78, 5) is 12.0. The number of carbonyl (C=O) groups is 1. The lowest BCUT2D eigenvalue weighted by atomic mass is 10.0. The lowest BCUT2D eigenvalue weighted by molar-refractivity contribution is -0.115. The Labute approximate surface area is 186 Å². The van der Waals surface area contributed by atoms with Crippen molar-refractivity contribution in [3.8, 4) is 0 Å². The molecule has 0 radical (unpaired) electrons. The summed E-state index contributed by atoms with van der Waals surface area (Å²) in [6.07, 6.45) is 0. The molecule has 7 heteroatoms. The van der Waals surface area contributed by atoms with Crippen LogP contribution in [0.15, 0.2) is 0 Å². The van der Waals surface area contributed by atoms with E-state index in [2.05, 4.69) is 78.6 Å². The molecule has 0 amide bonds. The molecule has 0 aliphatic rings. The summed E-state index contributed by atoms with van der Waals surface area (Å²) in [7, 11) is -0.869. The highest BCUT2D eigenvalue weighted by Crippen LogP contribution is 2.50. The third kappa shape index (κ3) is 10.9. The number of thioether (sulfide) groups is 1. The van der Waals surface area contributed by atoms with Crippen LogP contribution in [0.1, 0.15) is 76.2 Å². The van der Waals surface area contributed by atoms with Crippen LogP contribution in [0, 0.1) is 11.8 Å². The van der Waals surface area contributed by atoms with Gasteiger partial charge in [0.2, 0.25) is 0 Å². The summed E-state index contributed by atoms with van der Waals surface area (Å²) in [5.74, 6) is 1.19. The molecule has 5 nitrogen and oxygen atoms in total. The SMILES string of the molecule is CC(C)C(C)C(=O)SCCOCCOP(N(C(C)C)C(C)C)N(C(C)C)C(C)C. The van der Waals surface area contributed by atoms with Gasteiger partial charge in [-0.2, -0.15) is 0 Å². The van der Waals surface area contributed by atoms with Crippen LogP contribution in [0.3, 0.4) is 0 Å². The van der Waals surface area contributed by atoms with Gasteiger partial charge in [-0.15, -0.1) is 0 Å². The van der Waals surface area contributed by atoms with E-state index in [1.54, 1.807) is 0 Å². The normalized spacial score (nSPS) is 14.0. The first-order valence-corrected chi connectivity index (χ1v) is 13.3. The number of rotatable bonds is 15. The molecule has 1 atom stereocenters. The summed E-state index contributed by atoms with van der Waals surface area (Å²) < 4.78 is 17.1. The van der Waals surface area contributed by atoms with E-state index in [9.17, 15) is 4.79 Å². The Morgan fingerprint density at radius 2 is 1.21 bits per heavy atom. The number of carbonyl (C=O) groups excluding carboxylic acids is 1. The lowest BCUT2D eigenvalue weighted by Crippen LogP contribution is -2.43. The van der Waals surface area contributed by atoms with E-state index in [1.807, 2.05) is 6.92 Å². The Morgan fingerprint density at radius 3 is 1.59 bits per heavy atom. The van der Waals surface area contributed by atoms with Crippen molar-refractivity contribution < 1.29 is 14.1 Å². The molecule has 0 aromatic heterocycles. The van der Waals surface area contributed by atoms with Crippen LogP contribution in [0.4, 0.5) is 0 Å².